The SMILES string of the molecule is NC(Cc1cnc[nH]1)c1noc(CNC(=O)NC(CO)C(=O)O)n1. The van der Waals surface area contributed by atoms with E-state index >= 15 is 0 Å². The van der Waals surface area contributed by atoms with Crippen molar-refractivity contribution in [3.8, 4) is 0 Å². The maximum absolute atomic E-state index is 11.5. The number of aliphatic hydroxyl groups excluding tert-OH is 1. The lowest BCUT2D eigenvalue weighted by Crippen LogP contribution is -2.47. The van der Waals surface area contributed by atoms with Crippen LogP contribution < -0.4 is 16.4 Å². The van der Waals surface area contributed by atoms with Gasteiger partial charge in [-0.15, -0.1) is 0 Å². The van der Waals surface area contributed by atoms with Crippen LogP contribution in [0.15, 0.2) is 17.0 Å². The number of nitrogens with zero attached hydrogens (tertiary/aromatic N) is 3. The van der Waals surface area contributed by atoms with Crippen molar-refractivity contribution in [2.24, 2.45) is 5.73 Å². The number of H-pyrrole nitrogens is 1. The molecular weight excluding hydrogens is 322 g/mol. The van der Waals surface area contributed by atoms with Gasteiger partial charge in [-0.25, -0.2) is 14.6 Å². The van der Waals surface area contributed by atoms with E-state index in [-0.39, 0.29) is 18.3 Å². The first-order chi connectivity index (χ1) is 11.5. The number of aromatic amines is 1. The van der Waals surface area contributed by atoms with E-state index in [1.54, 1.807) is 6.20 Å². The number of carboxylic acid groups (broad SMARTS) is 1. The van der Waals surface area contributed by atoms with Crippen molar-refractivity contribution in [3.05, 3.63) is 29.9 Å². The summed E-state index contributed by atoms with van der Waals surface area (Å²) in [6.45, 7) is -0.844. The number of hydrogen-bond acceptors (Lipinski definition) is 8. The number of aliphatic carboxylic acids is 1. The van der Waals surface area contributed by atoms with E-state index in [0.29, 0.717) is 6.42 Å². The van der Waals surface area contributed by atoms with Crippen LogP contribution in [0.3, 0.4) is 0 Å². The minimum absolute atomic E-state index is 0.107. The van der Waals surface area contributed by atoms with E-state index in [4.69, 9.17) is 20.5 Å². The average molecular weight is 339 g/mol. The third-order valence-electron chi connectivity index (χ3n) is 3.00. The van der Waals surface area contributed by atoms with E-state index in [2.05, 4.69) is 30.7 Å². The number of urea groups is 1. The van der Waals surface area contributed by atoms with Crippen molar-refractivity contribution in [1.29, 1.82) is 0 Å². The van der Waals surface area contributed by atoms with Gasteiger partial charge in [-0.1, -0.05) is 5.16 Å². The van der Waals surface area contributed by atoms with Gasteiger partial charge in [0.1, 0.15) is 0 Å². The molecule has 2 aromatic heterocycles. The molecular formula is C12H17N7O5. The van der Waals surface area contributed by atoms with Crippen LogP contribution in [0, 0.1) is 0 Å². The summed E-state index contributed by atoms with van der Waals surface area (Å²) in [7, 11) is 0. The second-order valence-electron chi connectivity index (χ2n) is 4.83. The fraction of sp³-hybridized carbons (Fsp3) is 0.417. The van der Waals surface area contributed by atoms with Gasteiger partial charge >= 0.3 is 12.0 Å². The molecule has 2 amide bonds. The quantitative estimate of drug-likeness (QED) is 0.324. The molecule has 2 heterocycles. The fourth-order valence-electron chi connectivity index (χ4n) is 1.77. The molecule has 0 aliphatic carbocycles. The van der Waals surface area contributed by atoms with E-state index in [9.17, 15) is 9.59 Å². The highest BCUT2D eigenvalue weighted by molar-refractivity contribution is 5.82. The van der Waals surface area contributed by atoms with Crippen LogP contribution in [-0.4, -0.2) is 55.0 Å². The lowest BCUT2D eigenvalue weighted by Gasteiger charge is -2.11. The predicted molar refractivity (Wildman–Crippen MR) is 77.4 cm³/mol. The Balaban J connectivity index is 1.83. The van der Waals surface area contributed by atoms with Gasteiger partial charge in [0, 0.05) is 18.3 Å². The average Bonchev–Trinajstić information content (AvgIpc) is 3.21. The van der Waals surface area contributed by atoms with Gasteiger partial charge in [0.15, 0.2) is 11.9 Å². The molecule has 0 radical (unpaired) electrons. The van der Waals surface area contributed by atoms with Crippen molar-refractivity contribution in [1.82, 2.24) is 30.7 Å². The Bertz CT molecular complexity index is 671. The molecule has 24 heavy (non-hydrogen) atoms. The lowest BCUT2D eigenvalue weighted by molar-refractivity contribution is -0.140. The molecule has 0 bridgehead atoms. The van der Waals surface area contributed by atoms with E-state index in [0.717, 1.165) is 5.69 Å². The zero-order valence-corrected chi connectivity index (χ0v) is 12.5. The molecule has 0 aromatic carbocycles. The first kappa shape index (κ1) is 17.4. The summed E-state index contributed by atoms with van der Waals surface area (Å²) in [6.07, 6.45) is 3.60. The minimum Gasteiger partial charge on any atom is -0.480 e. The molecule has 130 valence electrons. The number of nitrogens with two attached hydrogens (primary N) is 1. The van der Waals surface area contributed by atoms with Crippen LogP contribution in [-0.2, 0) is 17.8 Å². The largest absolute Gasteiger partial charge is 0.480 e. The van der Waals surface area contributed by atoms with Gasteiger partial charge in [0.25, 0.3) is 0 Å². The topological polar surface area (TPSA) is 192 Å². The molecule has 0 spiro atoms. The summed E-state index contributed by atoms with van der Waals surface area (Å²) in [6, 6.07) is -2.70. The van der Waals surface area contributed by atoms with Crippen LogP contribution in [0.5, 0.6) is 0 Å². The zero-order valence-electron chi connectivity index (χ0n) is 12.5. The maximum atomic E-state index is 11.5. The molecule has 0 aliphatic heterocycles. The number of nitrogens with one attached hydrogen (secondary N) is 3. The Labute approximate surface area is 135 Å². The van der Waals surface area contributed by atoms with Gasteiger partial charge in [0.2, 0.25) is 5.89 Å². The van der Waals surface area contributed by atoms with Crippen LogP contribution in [0.25, 0.3) is 0 Å². The minimum atomic E-state index is -1.40. The normalized spacial score (nSPS) is 13.2. The monoisotopic (exact) mass is 339 g/mol. The third kappa shape index (κ3) is 4.76. The fourth-order valence-corrected chi connectivity index (χ4v) is 1.77. The summed E-state index contributed by atoms with van der Waals surface area (Å²) in [4.78, 5) is 33.0. The van der Waals surface area contributed by atoms with E-state index < -0.39 is 30.7 Å². The summed E-state index contributed by atoms with van der Waals surface area (Å²) < 4.78 is 4.96. The molecule has 2 aromatic rings. The van der Waals surface area contributed by atoms with Crippen LogP contribution >= 0.6 is 0 Å². The number of carboxylic acids is 1. The molecule has 0 aliphatic rings. The molecule has 0 fully saturated rings. The van der Waals surface area contributed by atoms with Crippen molar-refractivity contribution < 1.29 is 24.3 Å². The summed E-state index contributed by atoms with van der Waals surface area (Å²) in [5.41, 5.74) is 6.76. The van der Waals surface area contributed by atoms with Gasteiger partial charge in [0.05, 0.1) is 25.5 Å². The highest BCUT2D eigenvalue weighted by atomic mass is 16.5. The van der Waals surface area contributed by atoms with Crippen LogP contribution in [0.1, 0.15) is 23.5 Å². The number of hydrogen-bond donors (Lipinski definition) is 6. The number of rotatable bonds is 8. The van der Waals surface area contributed by atoms with E-state index in [1.165, 1.54) is 6.33 Å². The number of amides is 2. The van der Waals surface area contributed by atoms with Gasteiger partial charge < -0.3 is 36.1 Å². The van der Waals surface area contributed by atoms with Gasteiger partial charge in [-0.3, -0.25) is 0 Å². The molecule has 0 saturated heterocycles. The molecule has 2 atom stereocenters. The Morgan fingerprint density at radius 2 is 2.25 bits per heavy atom. The second-order valence-corrected chi connectivity index (χ2v) is 4.83. The smallest absolute Gasteiger partial charge is 0.328 e. The van der Waals surface area contributed by atoms with Gasteiger partial charge in [-0.05, 0) is 0 Å². The molecule has 2 unspecified atom stereocenters. The Morgan fingerprint density at radius 1 is 1.46 bits per heavy atom. The first-order valence-corrected chi connectivity index (χ1v) is 6.93. The molecule has 12 heteroatoms. The zero-order chi connectivity index (χ0) is 17.5. The van der Waals surface area contributed by atoms with Crippen LogP contribution in [0.4, 0.5) is 4.79 Å². The van der Waals surface area contributed by atoms with Crippen molar-refractivity contribution in [2.45, 2.75) is 25.0 Å². The highest BCUT2D eigenvalue weighted by Gasteiger charge is 2.19. The molecule has 2 rings (SSSR count). The van der Waals surface area contributed by atoms with Crippen LogP contribution in [0.2, 0.25) is 0 Å². The highest BCUT2D eigenvalue weighted by Crippen LogP contribution is 2.11. The summed E-state index contributed by atoms with van der Waals surface area (Å²) in [5, 5.41) is 25.7. The molecule has 12 nitrogen and oxygen atoms in total. The Morgan fingerprint density at radius 3 is 2.88 bits per heavy atom. The summed E-state index contributed by atoms with van der Waals surface area (Å²) in [5.74, 6) is -0.978. The van der Waals surface area contributed by atoms with Crippen molar-refractivity contribution in [3.63, 3.8) is 0 Å². The Kier molecular flexibility index (Phi) is 5.81. The molecule has 0 saturated carbocycles. The summed E-state index contributed by atoms with van der Waals surface area (Å²) >= 11 is 0. The number of carbonyl (C=O) groups is 2. The predicted octanol–water partition coefficient (Wildman–Crippen LogP) is -1.72. The van der Waals surface area contributed by atoms with Crippen molar-refractivity contribution >= 4 is 12.0 Å². The third-order valence-corrected chi connectivity index (χ3v) is 3.00. The van der Waals surface area contributed by atoms with Gasteiger partial charge in [-0.2, -0.15) is 4.98 Å². The number of aliphatic hydroxyl groups is 1. The number of aromatic nitrogens is 4. The lowest BCUT2D eigenvalue weighted by atomic mass is 10.2. The first-order valence-electron chi connectivity index (χ1n) is 6.93. The van der Waals surface area contributed by atoms with E-state index in [1.807, 2.05) is 0 Å². The maximum Gasteiger partial charge on any atom is 0.328 e. The standard InChI is InChI=1S/C12H17N7O5/c13-7(1-6-2-14-5-16-6)10-18-9(24-19-10)3-15-12(23)17-8(4-20)11(21)22/h2,5,7-8,20H,1,3-4,13H2,(H,14,16)(H,21,22)(H2,15,17,23). The Hall–Kier alpha value is -2.99. The second kappa shape index (κ2) is 8.03. The molecule has 7 N–H and O–H groups in total. The number of carbonyl (C=O) groups excluding carboxylic acids is 1. The number of imidazole rings is 1. The van der Waals surface area contributed by atoms with Crippen molar-refractivity contribution in [2.75, 3.05) is 6.61 Å².